The van der Waals surface area contributed by atoms with E-state index in [0.29, 0.717) is 36.5 Å². The number of hydrogen-bond acceptors (Lipinski definition) is 9. The van der Waals surface area contributed by atoms with E-state index in [0.717, 1.165) is 0 Å². The summed E-state index contributed by atoms with van der Waals surface area (Å²) in [5.41, 5.74) is 0.911. The largest absolute Gasteiger partial charge is 0.396 e. The first-order valence-corrected chi connectivity index (χ1v) is 10.1. The summed E-state index contributed by atoms with van der Waals surface area (Å²) in [6.07, 6.45) is 2.49. The molecule has 0 amide bonds. The molecule has 11 heteroatoms. The van der Waals surface area contributed by atoms with E-state index in [1.165, 1.54) is 18.3 Å². The van der Waals surface area contributed by atoms with Gasteiger partial charge in [-0.25, -0.2) is 13.4 Å². The minimum absolute atomic E-state index is 0.0313. The highest BCUT2D eigenvalue weighted by Crippen LogP contribution is 2.19. The van der Waals surface area contributed by atoms with Crippen LogP contribution >= 0.6 is 0 Å². The van der Waals surface area contributed by atoms with Gasteiger partial charge in [0.25, 0.3) is 10.0 Å². The van der Waals surface area contributed by atoms with Crippen LogP contribution in [-0.2, 0) is 14.9 Å². The van der Waals surface area contributed by atoms with Crippen molar-refractivity contribution >= 4 is 27.5 Å². The van der Waals surface area contributed by atoms with E-state index in [-0.39, 0.29) is 24.1 Å². The second-order valence-corrected chi connectivity index (χ2v) is 7.26. The lowest BCUT2D eigenvalue weighted by Gasteiger charge is -2.10. The summed E-state index contributed by atoms with van der Waals surface area (Å²) in [6.45, 7) is 2.69. The molecule has 150 valence electrons. The monoisotopic (exact) mass is 406 g/mol. The molecular weight excluding hydrogens is 384 g/mol. The topological polar surface area (TPSA) is 149 Å². The van der Waals surface area contributed by atoms with Crippen LogP contribution in [0.25, 0.3) is 0 Å². The fourth-order valence-electron chi connectivity index (χ4n) is 2.13. The Labute approximate surface area is 163 Å². The molecule has 0 radical (unpaired) electrons. The molecule has 0 bridgehead atoms. The average molecular weight is 406 g/mol. The van der Waals surface area contributed by atoms with Crippen LogP contribution in [0.2, 0.25) is 0 Å². The predicted octanol–water partition coefficient (Wildman–Crippen LogP) is 1.51. The van der Waals surface area contributed by atoms with Crippen molar-refractivity contribution in [2.45, 2.75) is 24.7 Å². The van der Waals surface area contributed by atoms with Crippen molar-refractivity contribution in [3.8, 4) is 6.07 Å². The lowest BCUT2D eigenvalue weighted by Crippen LogP contribution is -2.24. The van der Waals surface area contributed by atoms with E-state index in [1.54, 1.807) is 12.1 Å². The Balaban J connectivity index is 2.02. The van der Waals surface area contributed by atoms with Crippen molar-refractivity contribution in [1.82, 2.24) is 14.9 Å². The van der Waals surface area contributed by atoms with Gasteiger partial charge in [0.05, 0.1) is 17.7 Å². The van der Waals surface area contributed by atoms with E-state index < -0.39 is 10.0 Å². The van der Waals surface area contributed by atoms with Gasteiger partial charge >= 0.3 is 0 Å². The Morgan fingerprint density at radius 2 is 2.00 bits per heavy atom. The molecule has 0 unspecified atom stereocenters. The van der Waals surface area contributed by atoms with E-state index in [4.69, 9.17) is 15.2 Å². The van der Waals surface area contributed by atoms with Crippen molar-refractivity contribution in [2.24, 2.45) is 0 Å². The van der Waals surface area contributed by atoms with E-state index in [2.05, 4.69) is 20.6 Å². The maximum absolute atomic E-state index is 12.2. The van der Waals surface area contributed by atoms with Crippen LogP contribution in [0.3, 0.4) is 0 Å². The number of anilines is 3. The quantitative estimate of drug-likeness (QED) is 0.322. The molecule has 28 heavy (non-hydrogen) atoms. The summed E-state index contributed by atoms with van der Waals surface area (Å²) in [5.74, 6) is 0.695. The highest BCUT2D eigenvalue weighted by Gasteiger charge is 2.14. The molecule has 10 nitrogen and oxygen atoms in total. The molecule has 2 rings (SSSR count). The fourth-order valence-corrected chi connectivity index (χ4v) is 2.96. The summed E-state index contributed by atoms with van der Waals surface area (Å²) >= 11 is 0. The maximum Gasteiger partial charge on any atom is 0.262 e. The van der Waals surface area contributed by atoms with Gasteiger partial charge in [0.2, 0.25) is 5.95 Å². The molecule has 0 aliphatic carbocycles. The number of nitrogens with zero attached hydrogens (tertiary/aromatic N) is 3. The molecule has 0 atom stereocenters. The lowest BCUT2D eigenvalue weighted by molar-refractivity contribution is 0.0866. The van der Waals surface area contributed by atoms with Crippen LogP contribution in [0.1, 0.15) is 25.3 Å². The van der Waals surface area contributed by atoms with E-state index in [1.807, 2.05) is 17.9 Å². The molecule has 0 aliphatic heterocycles. The number of benzene rings is 1. The van der Waals surface area contributed by atoms with Gasteiger partial charge in [-0.2, -0.15) is 10.2 Å². The van der Waals surface area contributed by atoms with Gasteiger partial charge in [0, 0.05) is 18.8 Å². The summed E-state index contributed by atoms with van der Waals surface area (Å²) in [4.78, 5) is 15.3. The number of aliphatic hydroxyl groups is 1. The molecule has 1 aromatic carbocycles. The first-order chi connectivity index (χ1) is 13.5. The van der Waals surface area contributed by atoms with Crippen molar-refractivity contribution in [1.29, 1.82) is 5.26 Å². The number of unbranched alkanes of at least 4 members (excludes halogenated alkanes) is 1. The van der Waals surface area contributed by atoms with Gasteiger partial charge in [0.15, 0.2) is 0 Å². The normalized spacial score (nSPS) is 11.0. The first kappa shape index (κ1) is 21.5. The van der Waals surface area contributed by atoms with Crippen LogP contribution in [0.4, 0.5) is 17.5 Å². The zero-order valence-electron chi connectivity index (χ0n) is 15.3. The van der Waals surface area contributed by atoms with Crippen molar-refractivity contribution in [3.05, 3.63) is 36.0 Å². The van der Waals surface area contributed by atoms with Crippen LogP contribution in [-0.4, -0.2) is 43.3 Å². The molecule has 1 heterocycles. The highest BCUT2D eigenvalue weighted by atomic mass is 32.2. The molecule has 4 N–H and O–H groups in total. The third-order valence-electron chi connectivity index (χ3n) is 3.50. The number of nitriles is 1. The molecule has 0 aliphatic rings. The smallest absolute Gasteiger partial charge is 0.262 e. The predicted molar refractivity (Wildman–Crippen MR) is 103 cm³/mol. The second kappa shape index (κ2) is 10.5. The Bertz CT molecular complexity index is 912. The summed E-state index contributed by atoms with van der Waals surface area (Å²) in [6, 6.07) is 7.97. The minimum atomic E-state index is -3.80. The number of rotatable bonds is 11. The SMILES string of the molecule is CCNc1nc(Nc2ccc(S(=O)(=O)NOCCCCO)cc2)ncc1C#N. The van der Waals surface area contributed by atoms with Crippen molar-refractivity contribution < 1.29 is 18.4 Å². The van der Waals surface area contributed by atoms with Crippen molar-refractivity contribution in [3.63, 3.8) is 0 Å². The van der Waals surface area contributed by atoms with Crippen LogP contribution < -0.4 is 15.5 Å². The number of aliphatic hydroxyl groups excluding tert-OH is 1. The molecule has 2 aromatic rings. The lowest BCUT2D eigenvalue weighted by atomic mass is 10.3. The zero-order valence-corrected chi connectivity index (χ0v) is 16.2. The van der Waals surface area contributed by atoms with Gasteiger partial charge < -0.3 is 15.7 Å². The van der Waals surface area contributed by atoms with Crippen LogP contribution in [0.15, 0.2) is 35.4 Å². The molecule has 1 aromatic heterocycles. The molecule has 0 saturated heterocycles. The molecule has 0 spiro atoms. The molecular formula is C17H22N6O4S. The summed E-state index contributed by atoms with van der Waals surface area (Å²) in [7, 11) is -3.80. The van der Waals surface area contributed by atoms with E-state index >= 15 is 0 Å². The minimum Gasteiger partial charge on any atom is -0.396 e. The Kier molecular flexibility index (Phi) is 8.09. The zero-order chi connectivity index (χ0) is 20.4. The maximum atomic E-state index is 12.2. The van der Waals surface area contributed by atoms with Gasteiger partial charge in [-0.3, -0.25) is 4.84 Å². The number of hydrogen-bond donors (Lipinski definition) is 4. The molecule has 0 saturated carbocycles. The van der Waals surface area contributed by atoms with Crippen LogP contribution in [0.5, 0.6) is 0 Å². The van der Waals surface area contributed by atoms with Crippen molar-refractivity contribution in [2.75, 3.05) is 30.4 Å². The number of aromatic nitrogens is 2. The fraction of sp³-hybridized carbons (Fsp3) is 0.353. The van der Waals surface area contributed by atoms with Gasteiger partial charge in [0.1, 0.15) is 17.5 Å². The second-order valence-electron chi connectivity index (χ2n) is 5.61. The summed E-state index contributed by atoms with van der Waals surface area (Å²) < 4.78 is 24.3. The average Bonchev–Trinajstić information content (AvgIpc) is 2.69. The van der Waals surface area contributed by atoms with Gasteiger partial charge in [-0.15, -0.1) is 0 Å². The third kappa shape index (κ3) is 6.14. The number of nitrogens with one attached hydrogen (secondary N) is 3. The third-order valence-corrected chi connectivity index (χ3v) is 4.73. The first-order valence-electron chi connectivity index (χ1n) is 8.62. The van der Waals surface area contributed by atoms with E-state index in [9.17, 15) is 8.42 Å². The van der Waals surface area contributed by atoms with Crippen LogP contribution in [0, 0.1) is 11.3 Å². The summed E-state index contributed by atoms with van der Waals surface area (Å²) in [5, 5.41) is 23.7. The highest BCUT2D eigenvalue weighted by molar-refractivity contribution is 7.89. The Hall–Kier alpha value is -2.78. The number of sulfonamides is 1. The Morgan fingerprint density at radius 1 is 1.25 bits per heavy atom. The standard InChI is InChI=1S/C17H22N6O4S/c1-2-19-16-13(11-18)12-20-17(22-16)21-14-5-7-15(8-6-14)28(25,26)23-27-10-4-3-9-24/h5-8,12,23-24H,2-4,9-10H2,1H3,(H2,19,20,21,22). The van der Waals surface area contributed by atoms with Gasteiger partial charge in [-0.05, 0) is 44.0 Å². The molecule has 0 fully saturated rings. The Morgan fingerprint density at radius 3 is 2.64 bits per heavy atom. The van der Waals surface area contributed by atoms with Gasteiger partial charge in [-0.1, -0.05) is 4.89 Å².